The Balaban J connectivity index is 1.61. The van der Waals surface area contributed by atoms with Gasteiger partial charge in [0.25, 0.3) is 5.91 Å². The SMILES string of the molecule is C[C@@H](OC(=O)/C=C/c1cc(Cl)c2c(c1)OCO2)C(=O)N(C)c1ccccc1. The first-order valence-corrected chi connectivity index (χ1v) is 8.64. The highest BCUT2D eigenvalue weighted by molar-refractivity contribution is 6.32. The summed E-state index contributed by atoms with van der Waals surface area (Å²) in [6.07, 6.45) is 1.85. The number of hydrogen-bond acceptors (Lipinski definition) is 5. The second kappa shape index (κ2) is 8.14. The van der Waals surface area contributed by atoms with Crippen molar-refractivity contribution in [3.05, 3.63) is 59.1 Å². The van der Waals surface area contributed by atoms with Crippen LogP contribution in [-0.2, 0) is 14.3 Å². The normalized spacial score (nSPS) is 13.4. The quantitative estimate of drug-likeness (QED) is 0.578. The Morgan fingerprint density at radius 1 is 1.22 bits per heavy atom. The van der Waals surface area contributed by atoms with Gasteiger partial charge in [0.05, 0.1) is 5.02 Å². The number of likely N-dealkylation sites (N-methyl/N-ethyl adjacent to an activating group) is 1. The third-order valence-electron chi connectivity index (χ3n) is 3.98. The van der Waals surface area contributed by atoms with Gasteiger partial charge in [0.1, 0.15) is 0 Å². The first-order chi connectivity index (χ1) is 13.0. The summed E-state index contributed by atoms with van der Waals surface area (Å²) in [7, 11) is 1.63. The molecule has 0 aromatic heterocycles. The lowest BCUT2D eigenvalue weighted by Crippen LogP contribution is -2.37. The van der Waals surface area contributed by atoms with E-state index in [1.54, 1.807) is 31.3 Å². The van der Waals surface area contributed by atoms with E-state index < -0.39 is 12.1 Å². The van der Waals surface area contributed by atoms with Crippen molar-refractivity contribution in [1.82, 2.24) is 0 Å². The Bertz CT molecular complexity index is 881. The van der Waals surface area contributed by atoms with Crippen LogP contribution in [0.4, 0.5) is 5.69 Å². The van der Waals surface area contributed by atoms with E-state index in [9.17, 15) is 9.59 Å². The summed E-state index contributed by atoms with van der Waals surface area (Å²) in [5, 5.41) is 0.394. The summed E-state index contributed by atoms with van der Waals surface area (Å²) in [5.41, 5.74) is 1.37. The monoisotopic (exact) mass is 387 g/mol. The predicted octanol–water partition coefficient (Wildman–Crippen LogP) is 3.68. The number of rotatable bonds is 5. The fraction of sp³-hybridized carbons (Fsp3) is 0.200. The van der Waals surface area contributed by atoms with E-state index in [-0.39, 0.29) is 12.7 Å². The highest BCUT2D eigenvalue weighted by Crippen LogP contribution is 2.40. The topological polar surface area (TPSA) is 65.1 Å². The van der Waals surface area contributed by atoms with Crippen molar-refractivity contribution in [3.8, 4) is 11.5 Å². The maximum Gasteiger partial charge on any atom is 0.331 e. The van der Waals surface area contributed by atoms with Crippen molar-refractivity contribution in [2.45, 2.75) is 13.0 Å². The number of nitrogens with zero attached hydrogens (tertiary/aromatic N) is 1. The molecule has 27 heavy (non-hydrogen) atoms. The van der Waals surface area contributed by atoms with E-state index in [4.69, 9.17) is 25.8 Å². The maximum atomic E-state index is 12.4. The number of halogens is 1. The summed E-state index contributed by atoms with van der Waals surface area (Å²) in [4.78, 5) is 25.9. The molecule has 140 valence electrons. The van der Waals surface area contributed by atoms with Crippen LogP contribution >= 0.6 is 11.6 Å². The van der Waals surface area contributed by atoms with E-state index >= 15 is 0 Å². The lowest BCUT2D eigenvalue weighted by Gasteiger charge is -2.21. The van der Waals surface area contributed by atoms with Crippen LogP contribution in [0.25, 0.3) is 6.08 Å². The van der Waals surface area contributed by atoms with Crippen molar-refractivity contribution in [2.24, 2.45) is 0 Å². The molecule has 0 unspecified atom stereocenters. The molecule has 1 aliphatic rings. The number of benzene rings is 2. The van der Waals surface area contributed by atoms with E-state index in [0.29, 0.717) is 22.1 Å². The van der Waals surface area contributed by atoms with E-state index in [1.807, 2.05) is 18.2 Å². The fourth-order valence-corrected chi connectivity index (χ4v) is 2.84. The number of carbonyl (C=O) groups excluding carboxylic acids is 2. The first kappa shape index (κ1) is 18.8. The Kier molecular flexibility index (Phi) is 5.66. The standard InChI is InChI=1S/C20H18ClNO5/c1-13(20(24)22(2)15-6-4-3-5-7-15)27-18(23)9-8-14-10-16(21)19-17(11-14)25-12-26-19/h3-11,13H,12H2,1-2H3/b9-8+/t13-/m1/s1. The molecule has 0 bridgehead atoms. The van der Waals surface area contributed by atoms with Crippen molar-refractivity contribution < 1.29 is 23.8 Å². The summed E-state index contributed by atoms with van der Waals surface area (Å²) < 4.78 is 15.7. The third-order valence-corrected chi connectivity index (χ3v) is 4.26. The summed E-state index contributed by atoms with van der Waals surface area (Å²) in [5.74, 6) is 0.0447. The van der Waals surface area contributed by atoms with Crippen LogP contribution in [0.15, 0.2) is 48.5 Å². The van der Waals surface area contributed by atoms with Gasteiger partial charge in [-0.3, -0.25) is 4.79 Å². The molecule has 6 nitrogen and oxygen atoms in total. The molecule has 0 aliphatic carbocycles. The van der Waals surface area contributed by atoms with Crippen LogP contribution in [0.2, 0.25) is 5.02 Å². The summed E-state index contributed by atoms with van der Waals surface area (Å²) in [6, 6.07) is 12.5. The number of carbonyl (C=O) groups is 2. The number of para-hydroxylation sites is 1. The second-order valence-corrected chi connectivity index (χ2v) is 6.29. The average Bonchev–Trinajstić information content (AvgIpc) is 3.15. The zero-order valence-electron chi connectivity index (χ0n) is 14.8. The van der Waals surface area contributed by atoms with Crippen molar-refractivity contribution in [3.63, 3.8) is 0 Å². The Labute approximate surface area is 161 Å². The van der Waals surface area contributed by atoms with Crippen LogP contribution in [0.3, 0.4) is 0 Å². The van der Waals surface area contributed by atoms with E-state index in [0.717, 1.165) is 5.69 Å². The van der Waals surface area contributed by atoms with Gasteiger partial charge in [-0.1, -0.05) is 29.8 Å². The summed E-state index contributed by atoms with van der Waals surface area (Å²) >= 11 is 6.10. The van der Waals surface area contributed by atoms with E-state index in [2.05, 4.69) is 0 Å². The molecule has 0 spiro atoms. The van der Waals surface area contributed by atoms with Gasteiger partial charge < -0.3 is 19.1 Å². The molecule has 2 aromatic carbocycles. The molecule has 0 saturated heterocycles. The molecule has 0 saturated carbocycles. The van der Waals surface area contributed by atoms with Crippen molar-refractivity contribution >= 4 is 35.2 Å². The van der Waals surface area contributed by atoms with Gasteiger partial charge >= 0.3 is 5.97 Å². The zero-order valence-corrected chi connectivity index (χ0v) is 15.6. The zero-order chi connectivity index (χ0) is 19.4. The van der Waals surface area contributed by atoms with Crippen LogP contribution in [0.5, 0.6) is 11.5 Å². The minimum Gasteiger partial charge on any atom is -0.454 e. The minimum absolute atomic E-state index is 0.110. The number of esters is 1. The molecule has 0 N–H and O–H groups in total. The number of fused-ring (bicyclic) bond motifs is 1. The van der Waals surface area contributed by atoms with Crippen LogP contribution < -0.4 is 14.4 Å². The molecule has 1 heterocycles. The third kappa shape index (κ3) is 4.41. The van der Waals surface area contributed by atoms with Crippen molar-refractivity contribution in [2.75, 3.05) is 18.7 Å². The van der Waals surface area contributed by atoms with Crippen molar-refractivity contribution in [1.29, 1.82) is 0 Å². The lowest BCUT2D eigenvalue weighted by molar-refractivity contribution is -0.148. The number of ether oxygens (including phenoxy) is 3. The molecule has 0 fully saturated rings. The largest absolute Gasteiger partial charge is 0.454 e. The Morgan fingerprint density at radius 2 is 1.96 bits per heavy atom. The molecular formula is C20H18ClNO5. The van der Waals surface area contributed by atoms with Gasteiger partial charge in [0.15, 0.2) is 17.6 Å². The molecule has 1 atom stereocenters. The number of anilines is 1. The molecule has 2 aromatic rings. The van der Waals surface area contributed by atoms with Gasteiger partial charge in [0, 0.05) is 18.8 Å². The van der Waals surface area contributed by atoms with Gasteiger partial charge in [-0.2, -0.15) is 0 Å². The number of amides is 1. The molecule has 3 rings (SSSR count). The average molecular weight is 388 g/mol. The summed E-state index contributed by atoms with van der Waals surface area (Å²) in [6.45, 7) is 1.64. The Hall–Kier alpha value is -2.99. The second-order valence-electron chi connectivity index (χ2n) is 5.88. The highest BCUT2D eigenvalue weighted by Gasteiger charge is 2.22. The molecular weight excluding hydrogens is 370 g/mol. The maximum absolute atomic E-state index is 12.4. The van der Waals surface area contributed by atoms with Crippen LogP contribution in [0, 0.1) is 0 Å². The molecule has 0 radical (unpaired) electrons. The molecule has 7 heteroatoms. The molecule has 1 amide bonds. The first-order valence-electron chi connectivity index (χ1n) is 8.26. The minimum atomic E-state index is -0.923. The fourth-order valence-electron chi connectivity index (χ4n) is 2.56. The highest BCUT2D eigenvalue weighted by atomic mass is 35.5. The van der Waals surface area contributed by atoms with Crippen LogP contribution in [0.1, 0.15) is 12.5 Å². The van der Waals surface area contributed by atoms with Gasteiger partial charge in [-0.05, 0) is 42.8 Å². The smallest absolute Gasteiger partial charge is 0.331 e. The van der Waals surface area contributed by atoms with Gasteiger partial charge in [-0.25, -0.2) is 4.79 Å². The predicted molar refractivity (Wildman–Crippen MR) is 102 cm³/mol. The van der Waals surface area contributed by atoms with Crippen LogP contribution in [-0.4, -0.2) is 31.8 Å². The van der Waals surface area contributed by atoms with E-state index in [1.165, 1.54) is 24.0 Å². The lowest BCUT2D eigenvalue weighted by atomic mass is 10.2. The Morgan fingerprint density at radius 3 is 2.70 bits per heavy atom. The number of hydrogen-bond donors (Lipinski definition) is 0. The van der Waals surface area contributed by atoms with Gasteiger partial charge in [-0.15, -0.1) is 0 Å². The molecule has 1 aliphatic heterocycles. The van der Waals surface area contributed by atoms with Gasteiger partial charge in [0.2, 0.25) is 6.79 Å².